The summed E-state index contributed by atoms with van der Waals surface area (Å²) in [6.45, 7) is 2.03. The summed E-state index contributed by atoms with van der Waals surface area (Å²) in [5.74, 6) is 1.63. The van der Waals surface area contributed by atoms with Crippen molar-refractivity contribution in [2.45, 2.75) is 19.8 Å². The number of benzene rings is 1. The third kappa shape index (κ3) is 3.34. The van der Waals surface area contributed by atoms with Crippen molar-refractivity contribution in [2.24, 2.45) is 0 Å². The lowest BCUT2D eigenvalue weighted by Gasteiger charge is -2.10. The molecular weight excluding hydrogens is 259 g/mol. The molecule has 1 aromatic carbocycles. The molecule has 0 atom stereocenters. The summed E-state index contributed by atoms with van der Waals surface area (Å²) in [4.78, 5) is 8.44. The van der Waals surface area contributed by atoms with E-state index in [2.05, 4.69) is 15.3 Å². The molecule has 0 aliphatic rings. The number of ether oxygens (including phenoxy) is 1. The second-order valence-corrected chi connectivity index (χ2v) is 4.32. The van der Waals surface area contributed by atoms with E-state index in [0.717, 1.165) is 12.8 Å². The molecular formula is C14H17FN4O. The molecule has 6 heteroatoms. The molecule has 1 aromatic heterocycles. The molecule has 0 saturated carbocycles. The fourth-order valence-electron chi connectivity index (χ4n) is 1.78. The fraction of sp³-hybridized carbons (Fsp3) is 0.286. The van der Waals surface area contributed by atoms with E-state index in [1.165, 1.54) is 13.2 Å². The predicted molar refractivity (Wildman–Crippen MR) is 76.7 cm³/mol. The topological polar surface area (TPSA) is 73.1 Å². The van der Waals surface area contributed by atoms with Crippen LogP contribution in [-0.4, -0.2) is 17.1 Å². The van der Waals surface area contributed by atoms with Crippen LogP contribution in [-0.2, 0) is 6.42 Å². The number of nitrogen functional groups attached to an aromatic ring is 1. The van der Waals surface area contributed by atoms with Crippen molar-refractivity contribution in [3.05, 3.63) is 35.9 Å². The quantitative estimate of drug-likeness (QED) is 0.878. The molecule has 0 fully saturated rings. The Morgan fingerprint density at radius 2 is 2.10 bits per heavy atom. The lowest BCUT2D eigenvalue weighted by Crippen LogP contribution is -2.04. The van der Waals surface area contributed by atoms with Crippen molar-refractivity contribution in [2.75, 3.05) is 18.2 Å². The van der Waals surface area contributed by atoms with Gasteiger partial charge in [-0.3, -0.25) is 0 Å². The van der Waals surface area contributed by atoms with Gasteiger partial charge in [0.2, 0.25) is 0 Å². The predicted octanol–water partition coefficient (Wildman–Crippen LogP) is 2.90. The molecule has 5 nitrogen and oxygen atoms in total. The van der Waals surface area contributed by atoms with Crippen molar-refractivity contribution in [1.29, 1.82) is 0 Å². The Morgan fingerprint density at radius 1 is 1.30 bits per heavy atom. The zero-order valence-corrected chi connectivity index (χ0v) is 11.5. The lowest BCUT2D eigenvalue weighted by molar-refractivity contribution is 0.414. The Hall–Kier alpha value is -2.37. The maximum atomic E-state index is 13.7. The van der Waals surface area contributed by atoms with Crippen molar-refractivity contribution in [3.8, 4) is 5.75 Å². The van der Waals surface area contributed by atoms with E-state index >= 15 is 0 Å². The summed E-state index contributed by atoms with van der Waals surface area (Å²) in [5.41, 5.74) is 6.01. The highest BCUT2D eigenvalue weighted by Crippen LogP contribution is 2.24. The zero-order valence-electron chi connectivity index (χ0n) is 11.5. The second-order valence-electron chi connectivity index (χ2n) is 4.32. The smallest absolute Gasteiger partial charge is 0.146 e. The number of hydrogen-bond donors (Lipinski definition) is 2. The largest absolute Gasteiger partial charge is 0.497 e. The van der Waals surface area contributed by atoms with Gasteiger partial charge in [-0.25, -0.2) is 14.4 Å². The SMILES string of the molecule is CCCc1nc(N)cc(Nc2cc(OC)ccc2F)n1. The summed E-state index contributed by atoms with van der Waals surface area (Å²) >= 11 is 0. The number of aryl methyl sites for hydroxylation is 1. The van der Waals surface area contributed by atoms with Gasteiger partial charge in [0.1, 0.15) is 29.0 Å². The van der Waals surface area contributed by atoms with E-state index in [1.807, 2.05) is 6.92 Å². The number of hydrogen-bond acceptors (Lipinski definition) is 5. The van der Waals surface area contributed by atoms with Crippen molar-refractivity contribution < 1.29 is 9.13 Å². The first-order chi connectivity index (χ1) is 9.62. The molecule has 0 amide bonds. The van der Waals surface area contributed by atoms with Crippen molar-refractivity contribution in [3.63, 3.8) is 0 Å². The van der Waals surface area contributed by atoms with Crippen LogP contribution in [0.5, 0.6) is 5.75 Å². The summed E-state index contributed by atoms with van der Waals surface area (Å²) in [5, 5.41) is 2.90. The van der Waals surface area contributed by atoms with Gasteiger partial charge in [0, 0.05) is 18.6 Å². The average molecular weight is 276 g/mol. The van der Waals surface area contributed by atoms with Gasteiger partial charge >= 0.3 is 0 Å². The highest BCUT2D eigenvalue weighted by Gasteiger charge is 2.07. The highest BCUT2D eigenvalue weighted by molar-refractivity contribution is 5.60. The summed E-state index contributed by atoms with van der Waals surface area (Å²) in [7, 11) is 1.53. The highest BCUT2D eigenvalue weighted by atomic mass is 19.1. The van der Waals surface area contributed by atoms with Crippen LogP contribution in [0, 0.1) is 5.82 Å². The molecule has 3 N–H and O–H groups in total. The minimum absolute atomic E-state index is 0.282. The van der Waals surface area contributed by atoms with Gasteiger partial charge < -0.3 is 15.8 Å². The van der Waals surface area contributed by atoms with Gasteiger partial charge in [0.15, 0.2) is 0 Å². The molecule has 20 heavy (non-hydrogen) atoms. The van der Waals surface area contributed by atoms with Crippen molar-refractivity contribution in [1.82, 2.24) is 9.97 Å². The van der Waals surface area contributed by atoms with E-state index in [0.29, 0.717) is 23.2 Å². The molecule has 0 spiro atoms. The minimum Gasteiger partial charge on any atom is -0.497 e. The Kier molecular flexibility index (Phi) is 4.34. The van der Waals surface area contributed by atoms with Gasteiger partial charge in [-0.2, -0.15) is 0 Å². The number of nitrogens with one attached hydrogen (secondary N) is 1. The molecule has 0 saturated heterocycles. The standard InChI is InChI=1S/C14H17FN4O/c1-3-4-13-18-12(16)8-14(19-13)17-11-7-9(20-2)5-6-10(11)15/h5-8H,3-4H2,1-2H3,(H3,16,17,18,19). The van der Waals surface area contributed by atoms with E-state index in [-0.39, 0.29) is 11.5 Å². The van der Waals surface area contributed by atoms with Gasteiger partial charge in [0.25, 0.3) is 0 Å². The number of anilines is 3. The van der Waals surface area contributed by atoms with Crippen molar-refractivity contribution >= 4 is 17.3 Å². The lowest BCUT2D eigenvalue weighted by atomic mass is 10.2. The number of nitrogens with zero attached hydrogens (tertiary/aromatic N) is 2. The summed E-state index contributed by atoms with van der Waals surface area (Å²) in [6.07, 6.45) is 1.64. The zero-order chi connectivity index (χ0) is 14.5. The number of nitrogens with two attached hydrogens (primary N) is 1. The molecule has 0 radical (unpaired) electrons. The molecule has 2 rings (SSSR count). The normalized spacial score (nSPS) is 10.3. The van der Waals surface area contributed by atoms with E-state index in [9.17, 15) is 4.39 Å². The van der Waals surface area contributed by atoms with Crippen LogP contribution in [0.25, 0.3) is 0 Å². The molecule has 1 heterocycles. The third-order valence-corrected chi connectivity index (χ3v) is 2.70. The maximum Gasteiger partial charge on any atom is 0.146 e. The van der Waals surface area contributed by atoms with Gasteiger partial charge in [-0.1, -0.05) is 6.92 Å². The second kappa shape index (κ2) is 6.18. The summed E-state index contributed by atoms with van der Waals surface area (Å²) in [6, 6.07) is 6.02. The Morgan fingerprint density at radius 3 is 2.80 bits per heavy atom. The van der Waals surface area contributed by atoms with Crippen LogP contribution in [0.3, 0.4) is 0 Å². The Bertz CT molecular complexity index is 604. The molecule has 0 bridgehead atoms. The fourth-order valence-corrected chi connectivity index (χ4v) is 1.78. The van der Waals surface area contributed by atoms with Crippen LogP contribution in [0.4, 0.5) is 21.7 Å². The van der Waals surface area contributed by atoms with Gasteiger partial charge in [-0.15, -0.1) is 0 Å². The molecule has 106 valence electrons. The first-order valence-electron chi connectivity index (χ1n) is 6.36. The molecule has 0 aliphatic carbocycles. The average Bonchev–Trinajstić information content (AvgIpc) is 2.41. The van der Waals surface area contributed by atoms with E-state index in [4.69, 9.17) is 10.5 Å². The molecule has 2 aromatic rings. The van der Waals surface area contributed by atoms with Crippen LogP contribution in [0.15, 0.2) is 24.3 Å². The van der Waals surface area contributed by atoms with Crippen LogP contribution < -0.4 is 15.8 Å². The minimum atomic E-state index is -0.389. The Labute approximate surface area is 117 Å². The van der Waals surface area contributed by atoms with Crippen LogP contribution in [0.1, 0.15) is 19.2 Å². The molecule has 0 aliphatic heterocycles. The number of aromatic nitrogens is 2. The number of rotatable bonds is 5. The monoisotopic (exact) mass is 276 g/mol. The van der Waals surface area contributed by atoms with Crippen LogP contribution >= 0.6 is 0 Å². The van der Waals surface area contributed by atoms with E-state index < -0.39 is 0 Å². The van der Waals surface area contributed by atoms with E-state index in [1.54, 1.807) is 18.2 Å². The summed E-state index contributed by atoms with van der Waals surface area (Å²) < 4.78 is 18.8. The number of halogens is 1. The first-order valence-corrected chi connectivity index (χ1v) is 6.36. The number of methoxy groups -OCH3 is 1. The van der Waals surface area contributed by atoms with Crippen LogP contribution in [0.2, 0.25) is 0 Å². The molecule has 0 unspecified atom stereocenters. The first kappa shape index (κ1) is 14.0. The third-order valence-electron chi connectivity index (χ3n) is 2.70. The Balaban J connectivity index is 2.29. The van der Waals surface area contributed by atoms with Gasteiger partial charge in [-0.05, 0) is 18.6 Å². The maximum absolute atomic E-state index is 13.7. The van der Waals surface area contributed by atoms with Gasteiger partial charge in [0.05, 0.1) is 12.8 Å².